The predicted molar refractivity (Wildman–Crippen MR) is 106 cm³/mol. The van der Waals surface area contributed by atoms with E-state index < -0.39 is 0 Å². The molecule has 1 amide bonds. The van der Waals surface area contributed by atoms with Crippen molar-refractivity contribution in [3.8, 4) is 11.8 Å². The van der Waals surface area contributed by atoms with E-state index in [1.807, 2.05) is 6.07 Å². The van der Waals surface area contributed by atoms with Crippen LogP contribution >= 0.6 is 0 Å². The number of ether oxygens (including phenoxy) is 1. The third kappa shape index (κ3) is 4.14. The van der Waals surface area contributed by atoms with Crippen LogP contribution in [0.25, 0.3) is 0 Å². The quantitative estimate of drug-likeness (QED) is 0.502. The molecule has 1 N–H and O–H groups in total. The average molecular weight is 372 g/mol. The Hall–Kier alpha value is -4.18. The van der Waals surface area contributed by atoms with E-state index in [0.717, 1.165) is 0 Å². The summed E-state index contributed by atoms with van der Waals surface area (Å²) in [5.41, 5.74) is 2.64. The van der Waals surface area contributed by atoms with E-state index in [1.54, 1.807) is 79.9 Å². The zero-order valence-corrected chi connectivity index (χ0v) is 15.0. The van der Waals surface area contributed by atoms with Crippen LogP contribution in [0.1, 0.15) is 15.9 Å². The molecule has 28 heavy (non-hydrogen) atoms. The topological polar surface area (TPSA) is 94.8 Å². The molecule has 0 aliphatic carbocycles. The standard InChI is InChI=1S/C21H16N4O3/c1-28-20-12-10-19(11-13-20)25(24-27)18-8-6-17(7-9-18)23-21(26)16-4-2-15(14-22)3-5-16/h2-13H,1H3,(H,23,26). The number of methoxy groups -OCH3 is 1. The highest BCUT2D eigenvalue weighted by Crippen LogP contribution is 2.28. The number of nitrogens with one attached hydrogen (secondary N) is 1. The Morgan fingerprint density at radius 2 is 1.54 bits per heavy atom. The highest BCUT2D eigenvalue weighted by Gasteiger charge is 2.11. The Balaban J connectivity index is 1.73. The summed E-state index contributed by atoms with van der Waals surface area (Å²) >= 11 is 0. The number of anilines is 3. The Labute approximate surface area is 161 Å². The molecule has 0 aliphatic rings. The summed E-state index contributed by atoms with van der Waals surface area (Å²) in [6.07, 6.45) is 0. The molecule has 138 valence electrons. The number of carbonyl (C=O) groups excluding carboxylic acids is 1. The lowest BCUT2D eigenvalue weighted by atomic mass is 10.1. The molecule has 0 unspecified atom stereocenters. The smallest absolute Gasteiger partial charge is 0.255 e. The van der Waals surface area contributed by atoms with Gasteiger partial charge in [0, 0.05) is 11.3 Å². The number of amides is 1. The van der Waals surface area contributed by atoms with Gasteiger partial charge in [-0.25, -0.2) is 0 Å². The van der Waals surface area contributed by atoms with Gasteiger partial charge in [0.1, 0.15) is 5.75 Å². The molecule has 0 spiro atoms. The average Bonchev–Trinajstić information content (AvgIpc) is 2.76. The van der Waals surface area contributed by atoms with Gasteiger partial charge in [-0.05, 0) is 72.8 Å². The van der Waals surface area contributed by atoms with Gasteiger partial charge in [-0.2, -0.15) is 10.3 Å². The molecule has 0 bridgehead atoms. The first-order valence-corrected chi connectivity index (χ1v) is 8.33. The van der Waals surface area contributed by atoms with Gasteiger partial charge in [0.25, 0.3) is 5.91 Å². The third-order valence-corrected chi connectivity index (χ3v) is 4.04. The minimum absolute atomic E-state index is 0.294. The van der Waals surface area contributed by atoms with Gasteiger partial charge in [-0.3, -0.25) is 4.79 Å². The second-order valence-electron chi connectivity index (χ2n) is 5.78. The Morgan fingerprint density at radius 3 is 2.04 bits per heavy atom. The van der Waals surface area contributed by atoms with Crippen molar-refractivity contribution >= 4 is 23.0 Å². The highest BCUT2D eigenvalue weighted by molar-refractivity contribution is 6.04. The number of benzene rings is 3. The molecule has 3 aromatic carbocycles. The van der Waals surface area contributed by atoms with Gasteiger partial charge in [0.15, 0.2) is 0 Å². The van der Waals surface area contributed by atoms with Crippen molar-refractivity contribution in [3.63, 3.8) is 0 Å². The molecule has 0 saturated heterocycles. The fraction of sp³-hybridized carbons (Fsp3) is 0.0476. The molecule has 0 radical (unpaired) electrons. The third-order valence-electron chi connectivity index (χ3n) is 4.04. The van der Waals surface area contributed by atoms with Crippen molar-refractivity contribution in [1.29, 1.82) is 5.26 Å². The van der Waals surface area contributed by atoms with Crippen LogP contribution in [0.5, 0.6) is 5.75 Å². The molecule has 7 heteroatoms. The summed E-state index contributed by atoms with van der Waals surface area (Å²) in [5, 5.41) is 15.9. The predicted octanol–water partition coefficient (Wildman–Crippen LogP) is 4.64. The van der Waals surface area contributed by atoms with Crippen LogP contribution in [-0.4, -0.2) is 13.0 Å². The van der Waals surface area contributed by atoms with Crippen LogP contribution in [0, 0.1) is 16.2 Å². The number of nitrogens with zero attached hydrogens (tertiary/aromatic N) is 3. The van der Waals surface area contributed by atoms with E-state index in [-0.39, 0.29) is 5.91 Å². The van der Waals surface area contributed by atoms with E-state index in [1.165, 1.54) is 5.01 Å². The Kier molecular flexibility index (Phi) is 5.63. The van der Waals surface area contributed by atoms with Crippen molar-refractivity contribution in [2.45, 2.75) is 0 Å². The maximum atomic E-state index is 12.3. The van der Waals surface area contributed by atoms with Crippen molar-refractivity contribution in [3.05, 3.63) is 88.8 Å². The largest absolute Gasteiger partial charge is 0.497 e. The molecule has 0 saturated carbocycles. The normalized spacial score (nSPS) is 9.86. The van der Waals surface area contributed by atoms with Gasteiger partial charge in [0.2, 0.25) is 0 Å². The molecular weight excluding hydrogens is 356 g/mol. The van der Waals surface area contributed by atoms with E-state index >= 15 is 0 Å². The molecule has 0 atom stereocenters. The molecular formula is C21H16N4O3. The van der Waals surface area contributed by atoms with E-state index in [0.29, 0.717) is 33.9 Å². The van der Waals surface area contributed by atoms with Gasteiger partial charge >= 0.3 is 0 Å². The Morgan fingerprint density at radius 1 is 0.964 bits per heavy atom. The number of hydrogen-bond acceptors (Lipinski definition) is 5. The zero-order chi connectivity index (χ0) is 19.9. The lowest BCUT2D eigenvalue weighted by Gasteiger charge is -2.16. The van der Waals surface area contributed by atoms with Crippen LogP contribution in [-0.2, 0) is 0 Å². The fourth-order valence-corrected chi connectivity index (χ4v) is 2.55. The van der Waals surface area contributed by atoms with Crippen molar-refractivity contribution in [2.24, 2.45) is 5.29 Å². The molecule has 0 heterocycles. The molecule has 0 fully saturated rings. The zero-order valence-electron chi connectivity index (χ0n) is 15.0. The first kappa shape index (κ1) is 18.6. The number of rotatable bonds is 6. The van der Waals surface area contributed by atoms with Gasteiger partial charge in [-0.15, -0.1) is 4.91 Å². The molecule has 3 aromatic rings. The minimum Gasteiger partial charge on any atom is -0.497 e. The van der Waals surface area contributed by atoms with E-state index in [4.69, 9.17) is 10.00 Å². The second-order valence-corrected chi connectivity index (χ2v) is 5.78. The number of nitriles is 1. The number of carbonyl (C=O) groups is 1. The maximum absolute atomic E-state index is 12.3. The monoisotopic (exact) mass is 372 g/mol. The molecule has 0 aliphatic heterocycles. The summed E-state index contributed by atoms with van der Waals surface area (Å²) in [6, 6.07) is 22.0. The molecule has 7 nitrogen and oxygen atoms in total. The summed E-state index contributed by atoms with van der Waals surface area (Å²) in [5.74, 6) is 0.383. The summed E-state index contributed by atoms with van der Waals surface area (Å²) in [7, 11) is 1.57. The van der Waals surface area contributed by atoms with Crippen molar-refractivity contribution in [1.82, 2.24) is 0 Å². The van der Waals surface area contributed by atoms with E-state index in [2.05, 4.69) is 10.6 Å². The number of nitroso groups, excluding NO2 is 1. The summed E-state index contributed by atoms with van der Waals surface area (Å²) in [6.45, 7) is 0. The van der Waals surface area contributed by atoms with Crippen LogP contribution in [0.15, 0.2) is 78.1 Å². The van der Waals surface area contributed by atoms with Crippen molar-refractivity contribution < 1.29 is 9.53 Å². The number of hydrogen-bond donors (Lipinski definition) is 1. The second kappa shape index (κ2) is 8.47. The van der Waals surface area contributed by atoms with Crippen LogP contribution in [0.3, 0.4) is 0 Å². The minimum atomic E-state index is -0.294. The van der Waals surface area contributed by atoms with Crippen LogP contribution in [0.2, 0.25) is 0 Å². The van der Waals surface area contributed by atoms with Crippen molar-refractivity contribution in [2.75, 3.05) is 17.4 Å². The van der Waals surface area contributed by atoms with Crippen LogP contribution < -0.4 is 15.1 Å². The summed E-state index contributed by atoms with van der Waals surface area (Å²) in [4.78, 5) is 23.6. The highest BCUT2D eigenvalue weighted by atomic mass is 16.5. The molecule has 3 rings (SSSR count). The Bertz CT molecular complexity index is 1010. The maximum Gasteiger partial charge on any atom is 0.255 e. The SMILES string of the molecule is COc1ccc(N(N=O)c2ccc(NC(=O)c3ccc(C#N)cc3)cc2)cc1. The summed E-state index contributed by atoms with van der Waals surface area (Å²) < 4.78 is 5.11. The van der Waals surface area contributed by atoms with Gasteiger partial charge in [-0.1, -0.05) is 0 Å². The molecule has 0 aromatic heterocycles. The lowest BCUT2D eigenvalue weighted by Crippen LogP contribution is -2.12. The van der Waals surface area contributed by atoms with Gasteiger partial charge < -0.3 is 10.1 Å². The van der Waals surface area contributed by atoms with Crippen LogP contribution in [0.4, 0.5) is 17.1 Å². The van der Waals surface area contributed by atoms with Gasteiger partial charge in [0.05, 0.1) is 35.4 Å². The van der Waals surface area contributed by atoms with E-state index in [9.17, 15) is 9.70 Å². The first-order valence-electron chi connectivity index (χ1n) is 8.33. The fourth-order valence-electron chi connectivity index (χ4n) is 2.55. The first-order chi connectivity index (χ1) is 13.6. The lowest BCUT2D eigenvalue weighted by molar-refractivity contribution is 0.102.